The molecule has 1 saturated heterocycles. The molecule has 2 heterocycles. The van der Waals surface area contributed by atoms with E-state index in [1.54, 1.807) is 10.4 Å². The Kier molecular flexibility index (Phi) is 4.20. The highest BCUT2D eigenvalue weighted by molar-refractivity contribution is 7.89. The average molecular weight is 370 g/mol. The summed E-state index contributed by atoms with van der Waals surface area (Å²) in [5.74, 6) is 0.801. The van der Waals surface area contributed by atoms with Gasteiger partial charge in [0, 0.05) is 26.2 Å². The Hall–Kier alpha value is -2.38. The van der Waals surface area contributed by atoms with Crippen LogP contribution in [0.4, 0.5) is 5.95 Å². The molecule has 2 aromatic carbocycles. The van der Waals surface area contributed by atoms with Crippen LogP contribution in [0.2, 0.25) is 0 Å². The average Bonchev–Trinajstić information content (AvgIpc) is 3.08. The summed E-state index contributed by atoms with van der Waals surface area (Å²) in [5, 5.41) is 0. The molecule has 1 fully saturated rings. The fourth-order valence-corrected chi connectivity index (χ4v) is 5.09. The maximum Gasteiger partial charge on any atom is 0.243 e. The molecule has 0 saturated carbocycles. The summed E-state index contributed by atoms with van der Waals surface area (Å²) in [6.07, 6.45) is 0. The fourth-order valence-electron chi connectivity index (χ4n) is 3.35. The summed E-state index contributed by atoms with van der Waals surface area (Å²) >= 11 is 0. The third-order valence-electron chi connectivity index (χ3n) is 4.88. The minimum Gasteiger partial charge on any atom is -0.340 e. The van der Waals surface area contributed by atoms with Crippen molar-refractivity contribution in [2.75, 3.05) is 31.1 Å². The summed E-state index contributed by atoms with van der Waals surface area (Å²) in [5.41, 5.74) is 3.66. The molecular weight excluding hydrogens is 348 g/mol. The van der Waals surface area contributed by atoms with E-state index in [0.717, 1.165) is 28.1 Å². The maximum absolute atomic E-state index is 13.0. The number of anilines is 1. The Bertz CT molecular complexity index is 1020. The van der Waals surface area contributed by atoms with E-state index in [0.29, 0.717) is 31.1 Å². The van der Waals surface area contributed by atoms with Crippen molar-refractivity contribution < 1.29 is 8.42 Å². The Balaban J connectivity index is 1.53. The number of piperazine rings is 1. The molecule has 1 aliphatic heterocycles. The molecule has 0 unspecified atom stereocenters. The van der Waals surface area contributed by atoms with Gasteiger partial charge in [-0.05, 0) is 43.2 Å². The Morgan fingerprint density at radius 2 is 1.73 bits per heavy atom. The van der Waals surface area contributed by atoms with Gasteiger partial charge in [0.05, 0.1) is 15.9 Å². The first kappa shape index (κ1) is 17.1. The number of fused-ring (bicyclic) bond motifs is 1. The van der Waals surface area contributed by atoms with Gasteiger partial charge < -0.3 is 9.88 Å². The minimum absolute atomic E-state index is 0.412. The number of hydrogen-bond acceptors (Lipinski definition) is 4. The molecule has 1 aliphatic rings. The third-order valence-corrected chi connectivity index (χ3v) is 6.92. The van der Waals surface area contributed by atoms with E-state index in [4.69, 9.17) is 0 Å². The molecule has 0 bridgehead atoms. The standard InChI is InChI=1S/C19H22N4O2S/c1-14-7-8-15(2)18(13-14)26(24,25)23-11-9-22(10-12-23)19-20-16-5-3-4-6-17(16)21-19/h3-8,13H,9-12H2,1-2H3,(H,20,21). The van der Waals surface area contributed by atoms with Gasteiger partial charge in [-0.25, -0.2) is 13.4 Å². The molecule has 26 heavy (non-hydrogen) atoms. The van der Waals surface area contributed by atoms with Crippen LogP contribution in [0.1, 0.15) is 11.1 Å². The number of imidazole rings is 1. The molecule has 7 heteroatoms. The lowest BCUT2D eigenvalue weighted by atomic mass is 10.2. The van der Waals surface area contributed by atoms with Crippen molar-refractivity contribution in [1.82, 2.24) is 14.3 Å². The number of hydrogen-bond donors (Lipinski definition) is 1. The molecule has 6 nitrogen and oxygen atoms in total. The van der Waals surface area contributed by atoms with Crippen LogP contribution >= 0.6 is 0 Å². The first-order chi connectivity index (χ1) is 12.4. The normalized spacial score (nSPS) is 16.3. The van der Waals surface area contributed by atoms with E-state index in [1.165, 1.54) is 0 Å². The highest BCUT2D eigenvalue weighted by atomic mass is 32.2. The van der Waals surface area contributed by atoms with E-state index in [9.17, 15) is 8.42 Å². The van der Waals surface area contributed by atoms with Gasteiger partial charge in [-0.1, -0.05) is 24.3 Å². The molecule has 0 spiro atoms. The SMILES string of the molecule is Cc1ccc(C)c(S(=O)(=O)N2CCN(c3nc4ccccc4[nH]3)CC2)c1. The molecule has 1 aromatic heterocycles. The number of aryl methyl sites for hydroxylation is 2. The van der Waals surface area contributed by atoms with Crippen LogP contribution in [0.5, 0.6) is 0 Å². The van der Waals surface area contributed by atoms with Crippen LogP contribution < -0.4 is 4.90 Å². The quantitative estimate of drug-likeness (QED) is 0.770. The summed E-state index contributed by atoms with van der Waals surface area (Å²) in [6, 6.07) is 13.5. The smallest absolute Gasteiger partial charge is 0.243 e. The van der Waals surface area contributed by atoms with Crippen molar-refractivity contribution in [3.8, 4) is 0 Å². The second kappa shape index (κ2) is 6.41. The topological polar surface area (TPSA) is 69.3 Å². The molecule has 0 amide bonds. The number of aromatic nitrogens is 2. The van der Waals surface area contributed by atoms with Crippen molar-refractivity contribution in [2.24, 2.45) is 0 Å². The van der Waals surface area contributed by atoms with E-state index in [2.05, 4.69) is 14.9 Å². The number of para-hydroxylation sites is 2. The summed E-state index contributed by atoms with van der Waals surface area (Å²) < 4.78 is 27.6. The van der Waals surface area contributed by atoms with Gasteiger partial charge in [0.15, 0.2) is 0 Å². The number of sulfonamides is 1. The van der Waals surface area contributed by atoms with Gasteiger partial charge in [0.1, 0.15) is 0 Å². The zero-order chi connectivity index (χ0) is 18.3. The lowest BCUT2D eigenvalue weighted by Gasteiger charge is -2.34. The van der Waals surface area contributed by atoms with Crippen LogP contribution in [0.15, 0.2) is 47.4 Å². The zero-order valence-electron chi connectivity index (χ0n) is 14.9. The Labute approximate surface area is 153 Å². The lowest BCUT2D eigenvalue weighted by molar-refractivity contribution is 0.382. The number of nitrogens with zero attached hydrogens (tertiary/aromatic N) is 3. The van der Waals surface area contributed by atoms with E-state index >= 15 is 0 Å². The molecule has 136 valence electrons. The Morgan fingerprint density at radius 1 is 1.00 bits per heavy atom. The summed E-state index contributed by atoms with van der Waals surface area (Å²) in [4.78, 5) is 10.4. The fraction of sp³-hybridized carbons (Fsp3) is 0.316. The van der Waals surface area contributed by atoms with Gasteiger partial charge in [-0.3, -0.25) is 0 Å². The molecule has 0 radical (unpaired) electrons. The predicted molar refractivity (Wildman–Crippen MR) is 103 cm³/mol. The van der Waals surface area contributed by atoms with Crippen molar-refractivity contribution >= 4 is 27.0 Å². The van der Waals surface area contributed by atoms with E-state index in [-0.39, 0.29) is 0 Å². The van der Waals surface area contributed by atoms with E-state index < -0.39 is 10.0 Å². The molecule has 1 N–H and O–H groups in total. The maximum atomic E-state index is 13.0. The first-order valence-corrected chi connectivity index (χ1v) is 10.2. The summed E-state index contributed by atoms with van der Waals surface area (Å²) in [7, 11) is -3.47. The zero-order valence-corrected chi connectivity index (χ0v) is 15.8. The van der Waals surface area contributed by atoms with Crippen molar-refractivity contribution in [3.63, 3.8) is 0 Å². The number of aromatic amines is 1. The van der Waals surface area contributed by atoms with Crippen LogP contribution in [0.3, 0.4) is 0 Å². The largest absolute Gasteiger partial charge is 0.340 e. The van der Waals surface area contributed by atoms with Crippen molar-refractivity contribution in [3.05, 3.63) is 53.6 Å². The molecule has 0 aliphatic carbocycles. The molecule has 4 rings (SSSR count). The number of H-pyrrole nitrogens is 1. The van der Waals surface area contributed by atoms with Gasteiger partial charge in [0.25, 0.3) is 0 Å². The second-order valence-corrected chi connectivity index (χ2v) is 8.64. The minimum atomic E-state index is -3.47. The first-order valence-electron chi connectivity index (χ1n) is 8.72. The van der Waals surface area contributed by atoms with Crippen molar-refractivity contribution in [1.29, 1.82) is 0 Å². The number of nitrogens with one attached hydrogen (secondary N) is 1. The summed E-state index contributed by atoms with van der Waals surface area (Å²) in [6.45, 7) is 5.89. The molecule has 3 aromatic rings. The van der Waals surface area contributed by atoms with Crippen LogP contribution in [-0.4, -0.2) is 48.9 Å². The third kappa shape index (κ3) is 2.97. The van der Waals surface area contributed by atoms with Crippen molar-refractivity contribution in [2.45, 2.75) is 18.7 Å². The van der Waals surface area contributed by atoms with Crippen LogP contribution in [0, 0.1) is 13.8 Å². The monoisotopic (exact) mass is 370 g/mol. The highest BCUT2D eigenvalue weighted by Gasteiger charge is 2.30. The Morgan fingerprint density at radius 3 is 2.46 bits per heavy atom. The van der Waals surface area contributed by atoms with Crippen LogP contribution in [0.25, 0.3) is 11.0 Å². The molecule has 0 atom stereocenters. The second-order valence-electron chi connectivity index (χ2n) is 6.74. The van der Waals surface area contributed by atoms with Crippen LogP contribution in [-0.2, 0) is 10.0 Å². The van der Waals surface area contributed by atoms with Gasteiger partial charge in [-0.2, -0.15) is 4.31 Å². The van der Waals surface area contributed by atoms with Gasteiger partial charge >= 0.3 is 0 Å². The van der Waals surface area contributed by atoms with Gasteiger partial charge in [0.2, 0.25) is 16.0 Å². The molecular formula is C19H22N4O2S. The van der Waals surface area contributed by atoms with Gasteiger partial charge in [-0.15, -0.1) is 0 Å². The lowest BCUT2D eigenvalue weighted by Crippen LogP contribution is -2.49. The van der Waals surface area contributed by atoms with E-state index in [1.807, 2.05) is 50.2 Å². The number of benzene rings is 2. The highest BCUT2D eigenvalue weighted by Crippen LogP contribution is 2.24. The number of rotatable bonds is 3. The predicted octanol–water partition coefficient (Wildman–Crippen LogP) is 2.69.